The van der Waals surface area contributed by atoms with Gasteiger partial charge >= 0.3 is 0 Å². The zero-order valence-electron chi connectivity index (χ0n) is 7.29. The van der Waals surface area contributed by atoms with E-state index >= 15 is 0 Å². The predicted molar refractivity (Wildman–Crippen MR) is 44.1 cm³/mol. The SMILES string of the molecule is CN(C)C1CCCCN1C=O. The second-order valence-electron chi connectivity index (χ2n) is 3.28. The van der Waals surface area contributed by atoms with Gasteiger partial charge in [-0.2, -0.15) is 0 Å². The summed E-state index contributed by atoms with van der Waals surface area (Å²) in [6.07, 6.45) is 4.81. The first-order valence-corrected chi connectivity index (χ1v) is 4.13. The summed E-state index contributed by atoms with van der Waals surface area (Å²) in [5.41, 5.74) is 0. The Morgan fingerprint density at radius 3 is 2.64 bits per heavy atom. The van der Waals surface area contributed by atoms with Crippen LogP contribution in [-0.2, 0) is 4.79 Å². The number of amides is 1. The number of hydrogen-bond donors (Lipinski definition) is 0. The predicted octanol–water partition coefficient (Wildman–Crippen LogP) is 0.516. The molecule has 0 aromatic rings. The van der Waals surface area contributed by atoms with Crippen LogP contribution >= 0.6 is 0 Å². The van der Waals surface area contributed by atoms with Gasteiger partial charge in [0.25, 0.3) is 0 Å². The van der Waals surface area contributed by atoms with Crippen molar-refractivity contribution < 1.29 is 4.79 Å². The number of rotatable bonds is 2. The van der Waals surface area contributed by atoms with Gasteiger partial charge in [0.2, 0.25) is 6.41 Å². The maximum atomic E-state index is 10.6. The minimum absolute atomic E-state index is 0.334. The third-order valence-electron chi connectivity index (χ3n) is 2.24. The van der Waals surface area contributed by atoms with Gasteiger partial charge in [0.05, 0.1) is 6.17 Å². The number of likely N-dealkylation sites (tertiary alicyclic amines) is 1. The summed E-state index contributed by atoms with van der Waals surface area (Å²) in [7, 11) is 4.04. The van der Waals surface area contributed by atoms with Crippen LogP contribution in [0.1, 0.15) is 19.3 Å². The Kier molecular flexibility index (Phi) is 2.88. The lowest BCUT2D eigenvalue weighted by Crippen LogP contribution is -2.47. The molecule has 1 saturated heterocycles. The van der Waals surface area contributed by atoms with Crippen LogP contribution in [0.4, 0.5) is 0 Å². The summed E-state index contributed by atoms with van der Waals surface area (Å²) < 4.78 is 0. The number of carbonyl (C=O) groups excluding carboxylic acids is 1. The van der Waals surface area contributed by atoms with Crippen molar-refractivity contribution in [1.82, 2.24) is 9.80 Å². The van der Waals surface area contributed by atoms with E-state index in [2.05, 4.69) is 4.90 Å². The standard InChI is InChI=1S/C8H16N2O/c1-9(2)8-5-3-4-6-10(8)7-11/h7-8H,3-6H2,1-2H3. The Bertz CT molecular complexity index is 136. The smallest absolute Gasteiger partial charge is 0.210 e. The highest BCUT2D eigenvalue weighted by Crippen LogP contribution is 2.16. The van der Waals surface area contributed by atoms with E-state index in [4.69, 9.17) is 0 Å². The maximum Gasteiger partial charge on any atom is 0.210 e. The van der Waals surface area contributed by atoms with E-state index in [9.17, 15) is 4.79 Å². The minimum Gasteiger partial charge on any atom is -0.330 e. The molecule has 0 N–H and O–H groups in total. The molecular weight excluding hydrogens is 140 g/mol. The number of carbonyl (C=O) groups is 1. The fourth-order valence-corrected chi connectivity index (χ4v) is 1.61. The molecule has 1 unspecified atom stereocenters. The Morgan fingerprint density at radius 2 is 2.18 bits per heavy atom. The van der Waals surface area contributed by atoms with E-state index in [1.165, 1.54) is 6.42 Å². The van der Waals surface area contributed by atoms with Crippen LogP contribution in [0.3, 0.4) is 0 Å². The molecule has 1 amide bonds. The van der Waals surface area contributed by atoms with Gasteiger partial charge in [0.15, 0.2) is 0 Å². The second-order valence-corrected chi connectivity index (χ2v) is 3.28. The van der Waals surface area contributed by atoms with E-state index in [-0.39, 0.29) is 0 Å². The molecule has 0 aromatic carbocycles. The van der Waals surface area contributed by atoms with E-state index < -0.39 is 0 Å². The molecular formula is C8H16N2O. The average Bonchev–Trinajstić information content (AvgIpc) is 2.04. The molecule has 1 aliphatic heterocycles. The highest BCUT2D eigenvalue weighted by atomic mass is 16.1. The van der Waals surface area contributed by atoms with Gasteiger partial charge in [0.1, 0.15) is 0 Å². The third kappa shape index (κ3) is 1.93. The summed E-state index contributed by atoms with van der Waals surface area (Å²) in [5, 5.41) is 0. The third-order valence-corrected chi connectivity index (χ3v) is 2.24. The van der Waals surface area contributed by atoms with Crippen molar-refractivity contribution in [3.8, 4) is 0 Å². The molecule has 0 aliphatic carbocycles. The Balaban J connectivity index is 2.51. The molecule has 0 spiro atoms. The maximum absolute atomic E-state index is 10.6. The van der Waals surface area contributed by atoms with Crippen molar-refractivity contribution in [2.45, 2.75) is 25.4 Å². The normalized spacial score (nSPS) is 25.7. The number of hydrogen-bond acceptors (Lipinski definition) is 2. The molecule has 1 atom stereocenters. The lowest BCUT2D eigenvalue weighted by Gasteiger charge is -2.36. The van der Waals surface area contributed by atoms with E-state index in [1.807, 2.05) is 19.0 Å². The van der Waals surface area contributed by atoms with Crippen LogP contribution in [0.25, 0.3) is 0 Å². The monoisotopic (exact) mass is 156 g/mol. The number of nitrogens with zero attached hydrogens (tertiary/aromatic N) is 2. The van der Waals surface area contributed by atoms with Gasteiger partial charge in [-0.15, -0.1) is 0 Å². The molecule has 1 aliphatic rings. The minimum atomic E-state index is 0.334. The lowest BCUT2D eigenvalue weighted by molar-refractivity contribution is -0.125. The van der Waals surface area contributed by atoms with Gasteiger partial charge in [-0.05, 0) is 33.4 Å². The van der Waals surface area contributed by atoms with Gasteiger partial charge < -0.3 is 4.90 Å². The average molecular weight is 156 g/mol. The molecule has 1 rings (SSSR count). The topological polar surface area (TPSA) is 23.6 Å². The summed E-state index contributed by atoms with van der Waals surface area (Å²) in [6.45, 7) is 0.923. The summed E-state index contributed by atoms with van der Waals surface area (Å²) in [4.78, 5) is 14.6. The first-order valence-electron chi connectivity index (χ1n) is 4.13. The molecule has 0 bridgehead atoms. The first kappa shape index (κ1) is 8.53. The summed E-state index contributed by atoms with van der Waals surface area (Å²) >= 11 is 0. The van der Waals surface area contributed by atoms with Gasteiger partial charge in [-0.3, -0.25) is 9.69 Å². The highest BCUT2D eigenvalue weighted by molar-refractivity contribution is 5.47. The quantitative estimate of drug-likeness (QED) is 0.544. The first-order chi connectivity index (χ1) is 5.25. The van der Waals surface area contributed by atoms with Crippen molar-refractivity contribution in [2.75, 3.05) is 20.6 Å². The summed E-state index contributed by atoms with van der Waals surface area (Å²) in [5.74, 6) is 0. The molecule has 3 nitrogen and oxygen atoms in total. The largest absolute Gasteiger partial charge is 0.330 e. The van der Waals surface area contributed by atoms with E-state index in [1.54, 1.807) is 0 Å². The zero-order valence-corrected chi connectivity index (χ0v) is 7.29. The molecule has 11 heavy (non-hydrogen) atoms. The highest BCUT2D eigenvalue weighted by Gasteiger charge is 2.21. The molecule has 3 heteroatoms. The Labute approximate surface area is 68.0 Å². The van der Waals surface area contributed by atoms with Gasteiger partial charge in [0, 0.05) is 6.54 Å². The van der Waals surface area contributed by atoms with Crippen molar-refractivity contribution in [3.05, 3.63) is 0 Å². The Morgan fingerprint density at radius 1 is 1.45 bits per heavy atom. The zero-order chi connectivity index (χ0) is 8.27. The van der Waals surface area contributed by atoms with Gasteiger partial charge in [-0.25, -0.2) is 0 Å². The summed E-state index contributed by atoms with van der Waals surface area (Å²) in [6, 6.07) is 0. The molecule has 1 fully saturated rings. The fourth-order valence-electron chi connectivity index (χ4n) is 1.61. The molecule has 0 aromatic heterocycles. The van der Waals surface area contributed by atoms with Crippen molar-refractivity contribution >= 4 is 6.41 Å². The van der Waals surface area contributed by atoms with Crippen LogP contribution < -0.4 is 0 Å². The van der Waals surface area contributed by atoms with Crippen molar-refractivity contribution in [2.24, 2.45) is 0 Å². The molecule has 0 saturated carbocycles. The molecule has 64 valence electrons. The second kappa shape index (κ2) is 3.72. The van der Waals surface area contributed by atoms with Gasteiger partial charge in [-0.1, -0.05) is 0 Å². The molecule has 1 heterocycles. The van der Waals surface area contributed by atoms with Crippen molar-refractivity contribution in [3.63, 3.8) is 0 Å². The lowest BCUT2D eigenvalue weighted by atomic mass is 10.1. The van der Waals surface area contributed by atoms with E-state index in [0.29, 0.717) is 6.17 Å². The van der Waals surface area contributed by atoms with Crippen LogP contribution in [-0.4, -0.2) is 43.0 Å². The van der Waals surface area contributed by atoms with Crippen LogP contribution in [0.2, 0.25) is 0 Å². The van der Waals surface area contributed by atoms with Crippen LogP contribution in [0.15, 0.2) is 0 Å². The van der Waals surface area contributed by atoms with Crippen LogP contribution in [0.5, 0.6) is 0 Å². The van der Waals surface area contributed by atoms with E-state index in [0.717, 1.165) is 25.8 Å². The Hall–Kier alpha value is -0.570. The van der Waals surface area contributed by atoms with Crippen LogP contribution in [0, 0.1) is 0 Å². The molecule has 0 radical (unpaired) electrons. The number of piperidine rings is 1. The fraction of sp³-hybridized carbons (Fsp3) is 0.875. The van der Waals surface area contributed by atoms with Crippen molar-refractivity contribution in [1.29, 1.82) is 0 Å².